The topological polar surface area (TPSA) is 96.4 Å². The van der Waals surface area contributed by atoms with Crippen LogP contribution >= 0.6 is 11.6 Å². The summed E-state index contributed by atoms with van der Waals surface area (Å²) >= 11 is 6.21. The van der Waals surface area contributed by atoms with Crippen molar-refractivity contribution in [2.75, 3.05) is 7.11 Å². The number of aromatic nitrogens is 2. The molecule has 0 spiro atoms. The number of pyridine rings is 2. The number of carbonyl (C=O) groups excluding carboxylic acids is 1. The summed E-state index contributed by atoms with van der Waals surface area (Å²) in [6.45, 7) is 2.08. The number of esters is 1. The van der Waals surface area contributed by atoms with Crippen LogP contribution in [0.3, 0.4) is 0 Å². The van der Waals surface area contributed by atoms with Gasteiger partial charge in [-0.2, -0.15) is 0 Å². The van der Waals surface area contributed by atoms with E-state index in [1.54, 1.807) is 48.0 Å². The van der Waals surface area contributed by atoms with E-state index in [0.29, 0.717) is 27.6 Å². The van der Waals surface area contributed by atoms with Crippen LogP contribution in [-0.2, 0) is 16.1 Å². The number of carbonyl (C=O) groups is 1. The molecule has 0 bridgehead atoms. The molecule has 158 valence electrons. The van der Waals surface area contributed by atoms with Crippen LogP contribution in [0.25, 0.3) is 0 Å². The van der Waals surface area contributed by atoms with E-state index in [4.69, 9.17) is 26.8 Å². The molecule has 0 unspecified atom stereocenters. The summed E-state index contributed by atoms with van der Waals surface area (Å²) in [5.74, 6) is -1.28. The smallest absolute Gasteiger partial charge is 0.340 e. The molecule has 0 saturated heterocycles. The van der Waals surface area contributed by atoms with Gasteiger partial charge in [-0.15, -0.1) is 0 Å². The first-order chi connectivity index (χ1) is 14.9. The Morgan fingerprint density at radius 2 is 2.06 bits per heavy atom. The zero-order valence-electron chi connectivity index (χ0n) is 17.0. The predicted molar refractivity (Wildman–Crippen MR) is 116 cm³/mol. The average molecular weight is 438 g/mol. The molecule has 0 radical (unpaired) electrons. The number of aryl methyl sites for hydroxylation is 1. The van der Waals surface area contributed by atoms with Crippen molar-refractivity contribution in [3.63, 3.8) is 0 Å². The SMILES string of the molecule is COC(=O)C1=C(N)Oc2cc(C)n(Cc3ccccn3)c(=O)c2[C@@H]1c1cccc(Cl)c1. The maximum atomic E-state index is 13.7. The molecule has 1 atom stereocenters. The molecule has 3 heterocycles. The molecule has 1 aromatic carbocycles. The number of nitrogens with zero attached hydrogens (tertiary/aromatic N) is 2. The Kier molecular flexibility index (Phi) is 5.52. The Morgan fingerprint density at radius 3 is 2.74 bits per heavy atom. The summed E-state index contributed by atoms with van der Waals surface area (Å²) in [4.78, 5) is 30.6. The van der Waals surface area contributed by atoms with E-state index in [1.807, 2.05) is 18.2 Å². The van der Waals surface area contributed by atoms with Gasteiger partial charge in [0.1, 0.15) is 11.3 Å². The third kappa shape index (κ3) is 3.80. The summed E-state index contributed by atoms with van der Waals surface area (Å²) in [6, 6.07) is 14.2. The maximum Gasteiger partial charge on any atom is 0.340 e. The van der Waals surface area contributed by atoms with Gasteiger partial charge in [-0.1, -0.05) is 29.8 Å². The number of nitrogens with two attached hydrogens (primary N) is 1. The van der Waals surface area contributed by atoms with Gasteiger partial charge in [0.05, 0.1) is 30.8 Å². The molecule has 7 nitrogen and oxygen atoms in total. The Morgan fingerprint density at radius 1 is 1.26 bits per heavy atom. The van der Waals surface area contributed by atoms with E-state index in [2.05, 4.69) is 4.98 Å². The van der Waals surface area contributed by atoms with Crippen molar-refractivity contribution in [3.05, 3.63) is 104 Å². The van der Waals surface area contributed by atoms with Gasteiger partial charge in [-0.3, -0.25) is 9.78 Å². The number of methoxy groups -OCH3 is 1. The molecule has 0 aliphatic carbocycles. The first-order valence-electron chi connectivity index (χ1n) is 9.56. The lowest BCUT2D eigenvalue weighted by Gasteiger charge is -2.29. The Hall–Kier alpha value is -3.58. The average Bonchev–Trinajstić information content (AvgIpc) is 2.76. The molecule has 8 heteroatoms. The minimum Gasteiger partial charge on any atom is -0.465 e. The summed E-state index contributed by atoms with van der Waals surface area (Å²) in [5.41, 5.74) is 8.18. The first kappa shape index (κ1) is 20.7. The van der Waals surface area contributed by atoms with Gasteiger partial charge >= 0.3 is 5.97 Å². The van der Waals surface area contributed by atoms with Crippen molar-refractivity contribution in [2.45, 2.75) is 19.4 Å². The molecular weight excluding hydrogens is 418 g/mol. The number of hydrogen-bond acceptors (Lipinski definition) is 6. The van der Waals surface area contributed by atoms with Crippen LogP contribution < -0.4 is 16.0 Å². The molecule has 0 saturated carbocycles. The number of rotatable bonds is 4. The fraction of sp³-hybridized carbons (Fsp3) is 0.174. The molecule has 3 aromatic rings. The van der Waals surface area contributed by atoms with E-state index in [9.17, 15) is 9.59 Å². The van der Waals surface area contributed by atoms with Crippen molar-refractivity contribution in [3.8, 4) is 5.75 Å². The van der Waals surface area contributed by atoms with Gasteiger partial charge in [0.15, 0.2) is 0 Å². The fourth-order valence-corrected chi connectivity index (χ4v) is 3.96. The van der Waals surface area contributed by atoms with Gasteiger partial charge in [-0.25, -0.2) is 4.79 Å². The molecule has 2 aromatic heterocycles. The van der Waals surface area contributed by atoms with Crippen LogP contribution in [0.1, 0.15) is 28.4 Å². The highest BCUT2D eigenvalue weighted by molar-refractivity contribution is 6.30. The lowest BCUT2D eigenvalue weighted by Crippen LogP contribution is -2.35. The number of ether oxygens (including phenoxy) is 2. The van der Waals surface area contributed by atoms with Gasteiger partial charge < -0.3 is 19.8 Å². The highest BCUT2D eigenvalue weighted by atomic mass is 35.5. The van der Waals surface area contributed by atoms with Crippen molar-refractivity contribution < 1.29 is 14.3 Å². The minimum absolute atomic E-state index is 0.0580. The maximum absolute atomic E-state index is 13.7. The normalized spacial score (nSPS) is 15.3. The van der Waals surface area contributed by atoms with Gasteiger partial charge in [-0.05, 0) is 36.8 Å². The Balaban J connectivity index is 1.96. The Labute approximate surface area is 183 Å². The summed E-state index contributed by atoms with van der Waals surface area (Å²) in [7, 11) is 1.25. The molecular formula is C23H20ClN3O4. The summed E-state index contributed by atoms with van der Waals surface area (Å²) in [6.07, 6.45) is 1.67. The van der Waals surface area contributed by atoms with Crippen molar-refractivity contribution in [2.24, 2.45) is 5.73 Å². The predicted octanol–water partition coefficient (Wildman–Crippen LogP) is 3.12. The molecule has 2 N–H and O–H groups in total. The molecule has 1 aliphatic rings. The zero-order valence-corrected chi connectivity index (χ0v) is 17.7. The van der Waals surface area contributed by atoms with Crippen LogP contribution in [0.2, 0.25) is 5.02 Å². The van der Waals surface area contributed by atoms with Crippen LogP contribution in [0.15, 0.2) is 71.0 Å². The number of fused-ring (bicyclic) bond motifs is 1. The van der Waals surface area contributed by atoms with Crippen LogP contribution in [0, 0.1) is 6.92 Å². The molecule has 31 heavy (non-hydrogen) atoms. The second-order valence-corrected chi connectivity index (χ2v) is 7.57. The van der Waals surface area contributed by atoms with E-state index in [1.165, 1.54) is 7.11 Å². The Bertz CT molecular complexity index is 1250. The number of halogens is 1. The van der Waals surface area contributed by atoms with Crippen molar-refractivity contribution >= 4 is 17.6 Å². The quantitative estimate of drug-likeness (QED) is 0.630. The standard InChI is InChI=1S/C23H20ClN3O4/c1-13-10-17-19(22(28)27(13)12-16-8-3-4-9-26-16)18(14-6-5-7-15(24)11-14)20(21(25)31-17)23(29)30-2/h3-11,18H,12,25H2,1-2H3/t18-/m0/s1. The first-order valence-corrected chi connectivity index (χ1v) is 9.94. The third-order valence-corrected chi connectivity index (χ3v) is 5.44. The van der Waals surface area contributed by atoms with Gasteiger partial charge in [0.25, 0.3) is 5.56 Å². The fourth-order valence-electron chi connectivity index (χ4n) is 3.76. The van der Waals surface area contributed by atoms with Crippen molar-refractivity contribution in [1.82, 2.24) is 9.55 Å². The highest BCUT2D eigenvalue weighted by Gasteiger charge is 2.38. The highest BCUT2D eigenvalue weighted by Crippen LogP contribution is 2.41. The number of benzene rings is 1. The van der Waals surface area contributed by atoms with Crippen LogP contribution in [-0.4, -0.2) is 22.6 Å². The van der Waals surface area contributed by atoms with Gasteiger partial charge in [0, 0.05) is 23.0 Å². The number of hydrogen-bond donors (Lipinski definition) is 1. The summed E-state index contributed by atoms with van der Waals surface area (Å²) < 4.78 is 12.2. The minimum atomic E-state index is -0.794. The van der Waals surface area contributed by atoms with Crippen LogP contribution in [0.5, 0.6) is 5.75 Å². The molecule has 4 rings (SSSR count). The molecule has 0 amide bonds. The monoisotopic (exact) mass is 437 g/mol. The van der Waals surface area contributed by atoms with E-state index in [0.717, 1.165) is 5.69 Å². The van der Waals surface area contributed by atoms with E-state index >= 15 is 0 Å². The second kappa shape index (κ2) is 8.28. The third-order valence-electron chi connectivity index (χ3n) is 5.20. The second-order valence-electron chi connectivity index (χ2n) is 7.14. The lowest BCUT2D eigenvalue weighted by atomic mass is 9.83. The van der Waals surface area contributed by atoms with Crippen molar-refractivity contribution in [1.29, 1.82) is 0 Å². The summed E-state index contributed by atoms with van der Waals surface area (Å²) in [5, 5.41) is 0.467. The largest absolute Gasteiger partial charge is 0.465 e. The molecule has 0 fully saturated rings. The van der Waals surface area contributed by atoms with E-state index < -0.39 is 11.9 Å². The lowest BCUT2D eigenvalue weighted by molar-refractivity contribution is -0.136. The van der Waals surface area contributed by atoms with E-state index in [-0.39, 0.29) is 23.6 Å². The molecule has 1 aliphatic heterocycles. The van der Waals surface area contributed by atoms with Crippen LogP contribution in [0.4, 0.5) is 0 Å². The zero-order chi connectivity index (χ0) is 22.1. The van der Waals surface area contributed by atoms with Gasteiger partial charge in [0.2, 0.25) is 5.88 Å².